The Kier molecular flexibility index (Phi) is 8.86. The fraction of sp³-hybridized carbons (Fsp3) is 0.417. The van der Waals surface area contributed by atoms with Crippen LogP contribution < -0.4 is 14.8 Å². The Morgan fingerprint density at radius 2 is 2.06 bits per heavy atom. The summed E-state index contributed by atoms with van der Waals surface area (Å²) in [4.78, 5) is 41.6. The van der Waals surface area contributed by atoms with Crippen LogP contribution in [0.3, 0.4) is 0 Å². The molecule has 0 saturated heterocycles. The third-order valence-electron chi connectivity index (χ3n) is 5.37. The molecule has 0 fully saturated rings. The quantitative estimate of drug-likeness (QED) is 0.535. The number of nitrogens with one attached hydrogen (secondary N) is 1. The van der Waals surface area contributed by atoms with E-state index in [1.807, 2.05) is 6.26 Å². The van der Waals surface area contributed by atoms with Gasteiger partial charge in [-0.15, -0.1) is 0 Å². The number of carbonyl (C=O) groups excluding carboxylic acids is 3. The number of pyridine rings is 1. The number of aromatic nitrogens is 1. The van der Waals surface area contributed by atoms with Crippen LogP contribution in [0.5, 0.6) is 11.5 Å². The number of hydrogen-bond acceptors (Lipinski definition) is 8. The molecule has 1 aliphatic rings. The van der Waals surface area contributed by atoms with Gasteiger partial charge in [-0.25, -0.2) is 14.2 Å². The zero-order chi connectivity index (χ0) is 24.7. The summed E-state index contributed by atoms with van der Waals surface area (Å²) >= 11 is 1.49. The molecule has 0 saturated carbocycles. The van der Waals surface area contributed by atoms with Gasteiger partial charge in [-0.2, -0.15) is 11.8 Å². The van der Waals surface area contributed by atoms with Crippen molar-refractivity contribution in [2.45, 2.75) is 44.8 Å². The van der Waals surface area contributed by atoms with Crippen molar-refractivity contribution in [1.82, 2.24) is 10.3 Å². The average Bonchev–Trinajstić information content (AvgIpc) is 2.82. The molecule has 0 radical (unpaired) electrons. The highest BCUT2D eigenvalue weighted by Gasteiger charge is 2.28. The summed E-state index contributed by atoms with van der Waals surface area (Å²) in [5, 5.41) is 2.54. The first-order valence-electron chi connectivity index (χ1n) is 10.8. The van der Waals surface area contributed by atoms with Gasteiger partial charge in [0.25, 0.3) is 5.91 Å². The maximum atomic E-state index is 13.4. The summed E-state index contributed by atoms with van der Waals surface area (Å²) in [6, 6.07) is 5.08. The van der Waals surface area contributed by atoms with Crippen LogP contribution in [-0.2, 0) is 27.2 Å². The molecule has 0 bridgehead atoms. The second-order valence-electron chi connectivity index (χ2n) is 7.82. The Hall–Kier alpha value is -3.14. The summed E-state index contributed by atoms with van der Waals surface area (Å²) in [5.41, 5.74) is 1.68. The Balaban J connectivity index is 1.64. The number of nitrogens with zero attached hydrogens (tertiary/aromatic N) is 1. The topological polar surface area (TPSA) is 104 Å². The maximum Gasteiger partial charge on any atom is 0.328 e. The molecule has 2 aromatic rings. The number of benzene rings is 1. The second kappa shape index (κ2) is 11.8. The number of esters is 2. The highest BCUT2D eigenvalue weighted by molar-refractivity contribution is 7.98. The Morgan fingerprint density at radius 3 is 2.79 bits per heavy atom. The van der Waals surface area contributed by atoms with E-state index in [4.69, 9.17) is 14.2 Å². The van der Waals surface area contributed by atoms with E-state index in [1.165, 1.54) is 50.2 Å². The molecule has 0 aliphatic heterocycles. The van der Waals surface area contributed by atoms with Gasteiger partial charge in [0.1, 0.15) is 18.0 Å². The van der Waals surface area contributed by atoms with Gasteiger partial charge >= 0.3 is 11.9 Å². The van der Waals surface area contributed by atoms with Crippen molar-refractivity contribution in [3.63, 3.8) is 0 Å². The number of rotatable bonds is 9. The molecule has 1 aromatic heterocycles. The van der Waals surface area contributed by atoms with E-state index in [9.17, 15) is 18.8 Å². The average molecular weight is 491 g/mol. The van der Waals surface area contributed by atoms with Gasteiger partial charge in [-0.05, 0) is 49.3 Å². The van der Waals surface area contributed by atoms with Crippen LogP contribution in [0.4, 0.5) is 4.39 Å². The summed E-state index contributed by atoms with van der Waals surface area (Å²) in [7, 11) is 1.38. The zero-order valence-electron chi connectivity index (χ0n) is 19.3. The van der Waals surface area contributed by atoms with E-state index in [0.717, 1.165) is 11.1 Å². The summed E-state index contributed by atoms with van der Waals surface area (Å²) in [6.45, 7) is 1.50. The molecule has 1 amide bonds. The number of aryl methyl sites for hydroxylation is 1. The minimum absolute atomic E-state index is 0.106. The van der Waals surface area contributed by atoms with Crippen LogP contribution in [0.25, 0.3) is 0 Å². The molecule has 1 unspecified atom stereocenters. The summed E-state index contributed by atoms with van der Waals surface area (Å²) in [6.07, 6.45) is 4.64. The van der Waals surface area contributed by atoms with Crippen molar-refractivity contribution >= 4 is 29.6 Å². The van der Waals surface area contributed by atoms with Crippen LogP contribution in [-0.4, -0.2) is 54.1 Å². The molecule has 1 aromatic carbocycles. The summed E-state index contributed by atoms with van der Waals surface area (Å²) in [5.74, 6) is -1.50. The predicted octanol–water partition coefficient (Wildman–Crippen LogP) is 3.11. The Labute approximate surface area is 201 Å². The third kappa shape index (κ3) is 6.47. The van der Waals surface area contributed by atoms with Crippen LogP contribution in [0, 0.1) is 5.82 Å². The van der Waals surface area contributed by atoms with E-state index >= 15 is 0 Å². The van der Waals surface area contributed by atoms with E-state index < -0.39 is 23.9 Å². The zero-order valence-corrected chi connectivity index (χ0v) is 20.1. The smallest absolute Gasteiger partial charge is 0.328 e. The van der Waals surface area contributed by atoms with Gasteiger partial charge in [0.15, 0.2) is 11.4 Å². The van der Waals surface area contributed by atoms with Crippen molar-refractivity contribution in [1.29, 1.82) is 0 Å². The third-order valence-corrected chi connectivity index (χ3v) is 5.98. The molecule has 1 heterocycles. The lowest BCUT2D eigenvalue weighted by atomic mass is 9.89. The number of thioether (sulfide) groups is 1. The lowest BCUT2D eigenvalue weighted by molar-refractivity contribution is -0.151. The second-order valence-corrected chi connectivity index (χ2v) is 8.80. The first-order valence-corrected chi connectivity index (χ1v) is 12.2. The standard InChI is InChI=1S/C24H27FN2O6S/c1-14(24(30)32-18-7-5-15-12-17(25)6-4-16(15)13-18)27-23(29)21-22(19(31-2)8-10-26-21)33-20(28)9-11-34-3/h4,6,8,10,12,14,18H,5,7,9,11,13H2,1-3H3,(H,27,29)/t14-,18?/m0/s1. The molecule has 34 heavy (non-hydrogen) atoms. The number of hydrogen-bond donors (Lipinski definition) is 1. The number of carbonyl (C=O) groups is 3. The van der Waals surface area contributed by atoms with Gasteiger partial charge in [-0.1, -0.05) is 6.07 Å². The largest absolute Gasteiger partial charge is 0.493 e. The molecule has 182 valence electrons. The van der Waals surface area contributed by atoms with E-state index in [-0.39, 0.29) is 35.5 Å². The van der Waals surface area contributed by atoms with Crippen molar-refractivity contribution in [3.05, 3.63) is 53.1 Å². The van der Waals surface area contributed by atoms with Gasteiger partial charge in [0.2, 0.25) is 5.75 Å². The molecule has 2 atom stereocenters. The van der Waals surface area contributed by atoms with Crippen LogP contribution in [0.1, 0.15) is 41.4 Å². The molecule has 0 spiro atoms. The van der Waals surface area contributed by atoms with Gasteiger partial charge in [0, 0.05) is 24.4 Å². The van der Waals surface area contributed by atoms with Gasteiger partial charge in [0.05, 0.1) is 13.5 Å². The predicted molar refractivity (Wildman–Crippen MR) is 125 cm³/mol. The van der Waals surface area contributed by atoms with E-state index in [1.54, 1.807) is 6.07 Å². The fourth-order valence-electron chi connectivity index (χ4n) is 3.58. The molecule has 8 nitrogen and oxygen atoms in total. The number of ether oxygens (including phenoxy) is 3. The molecule has 1 aliphatic carbocycles. The normalized spacial score (nSPS) is 15.6. The highest BCUT2D eigenvalue weighted by Crippen LogP contribution is 2.30. The number of fused-ring (bicyclic) bond motifs is 1. The van der Waals surface area contributed by atoms with E-state index in [0.29, 0.717) is 25.0 Å². The monoisotopic (exact) mass is 490 g/mol. The van der Waals surface area contributed by atoms with Crippen LogP contribution in [0.15, 0.2) is 30.5 Å². The highest BCUT2D eigenvalue weighted by atomic mass is 32.2. The van der Waals surface area contributed by atoms with Crippen molar-refractivity contribution in [2.24, 2.45) is 0 Å². The maximum absolute atomic E-state index is 13.4. The van der Waals surface area contributed by atoms with Crippen LogP contribution in [0.2, 0.25) is 0 Å². The Bertz CT molecular complexity index is 1060. The van der Waals surface area contributed by atoms with Crippen molar-refractivity contribution in [2.75, 3.05) is 19.1 Å². The first kappa shape index (κ1) is 25.5. The first-order chi connectivity index (χ1) is 16.3. The Morgan fingerprint density at radius 1 is 1.26 bits per heavy atom. The van der Waals surface area contributed by atoms with Gasteiger partial charge < -0.3 is 19.5 Å². The minimum atomic E-state index is -0.977. The molecule has 10 heteroatoms. The van der Waals surface area contributed by atoms with E-state index in [2.05, 4.69) is 10.3 Å². The lowest BCUT2D eigenvalue weighted by Crippen LogP contribution is -2.42. The molecular weight excluding hydrogens is 463 g/mol. The van der Waals surface area contributed by atoms with Crippen molar-refractivity contribution in [3.8, 4) is 11.5 Å². The van der Waals surface area contributed by atoms with Crippen molar-refractivity contribution < 1.29 is 33.0 Å². The fourth-order valence-corrected chi connectivity index (χ4v) is 3.95. The lowest BCUT2D eigenvalue weighted by Gasteiger charge is -2.26. The molecule has 1 N–H and O–H groups in total. The number of methoxy groups -OCH3 is 1. The number of halogens is 1. The molecular formula is C24H27FN2O6S. The number of amides is 1. The minimum Gasteiger partial charge on any atom is -0.493 e. The summed E-state index contributed by atoms with van der Waals surface area (Å²) < 4.78 is 29.5. The van der Waals surface area contributed by atoms with Gasteiger partial charge in [-0.3, -0.25) is 9.59 Å². The molecule has 3 rings (SSSR count). The van der Waals surface area contributed by atoms with Crippen LogP contribution >= 0.6 is 11.8 Å². The SMILES string of the molecule is COc1ccnc(C(=O)N[C@@H](C)C(=O)OC2CCc3cc(F)ccc3C2)c1OC(=O)CCSC.